The van der Waals surface area contributed by atoms with Crippen LogP contribution < -0.4 is 10.5 Å². The van der Waals surface area contributed by atoms with Crippen LogP contribution >= 0.6 is 0 Å². The Balaban J connectivity index is 2.24. The van der Waals surface area contributed by atoms with Crippen molar-refractivity contribution in [2.75, 3.05) is 7.11 Å². The van der Waals surface area contributed by atoms with Gasteiger partial charge in [-0.3, -0.25) is 0 Å². The summed E-state index contributed by atoms with van der Waals surface area (Å²) in [6.07, 6.45) is 2.06. The van der Waals surface area contributed by atoms with E-state index in [0.717, 1.165) is 28.3 Å². The van der Waals surface area contributed by atoms with Crippen molar-refractivity contribution >= 4 is 5.65 Å². The number of nitrogens with zero attached hydrogens (tertiary/aromatic N) is 2. The maximum Gasteiger partial charge on any atom is 0.137 e. The molecule has 0 saturated heterocycles. The highest BCUT2D eigenvalue weighted by molar-refractivity contribution is 5.68. The minimum atomic E-state index is 0.442. The molecule has 2 heterocycles. The first-order valence-electron chi connectivity index (χ1n) is 6.55. The van der Waals surface area contributed by atoms with Gasteiger partial charge in [0, 0.05) is 18.3 Å². The Labute approximate surface area is 117 Å². The zero-order chi connectivity index (χ0) is 14.1. The number of pyridine rings is 1. The van der Waals surface area contributed by atoms with Crippen LogP contribution in [-0.4, -0.2) is 16.5 Å². The summed E-state index contributed by atoms with van der Waals surface area (Å²) in [5, 5.41) is 0. The Morgan fingerprint density at radius 3 is 2.85 bits per heavy atom. The van der Waals surface area contributed by atoms with E-state index in [9.17, 15) is 0 Å². The number of aromatic nitrogens is 2. The van der Waals surface area contributed by atoms with Gasteiger partial charge in [0.05, 0.1) is 18.5 Å². The Morgan fingerprint density at radius 1 is 1.25 bits per heavy atom. The molecule has 2 aromatic heterocycles. The lowest BCUT2D eigenvalue weighted by atomic mass is 10.1. The summed E-state index contributed by atoms with van der Waals surface area (Å²) >= 11 is 0. The number of ether oxygens (including phenoxy) is 1. The monoisotopic (exact) mass is 267 g/mol. The molecule has 20 heavy (non-hydrogen) atoms. The molecule has 0 bridgehead atoms. The standard InChI is InChI=1S/C16H17N3O/c1-11-6-7-15-18-16(14(9-17)19(15)10-11)12-4-3-5-13(8-12)20-2/h3-8,10H,9,17H2,1-2H3. The van der Waals surface area contributed by atoms with Gasteiger partial charge in [0.2, 0.25) is 0 Å². The van der Waals surface area contributed by atoms with Crippen molar-refractivity contribution in [2.24, 2.45) is 5.73 Å². The summed E-state index contributed by atoms with van der Waals surface area (Å²) in [5.41, 5.74) is 11.0. The maximum atomic E-state index is 5.93. The molecule has 0 fully saturated rings. The molecule has 1 aromatic carbocycles. The molecule has 0 atom stereocenters. The van der Waals surface area contributed by atoms with Gasteiger partial charge < -0.3 is 14.9 Å². The number of methoxy groups -OCH3 is 1. The summed E-state index contributed by atoms with van der Waals surface area (Å²) in [7, 11) is 1.66. The molecule has 0 spiro atoms. The first-order chi connectivity index (χ1) is 9.72. The fraction of sp³-hybridized carbons (Fsp3) is 0.188. The van der Waals surface area contributed by atoms with Crippen molar-refractivity contribution in [1.82, 2.24) is 9.38 Å². The van der Waals surface area contributed by atoms with Crippen LogP contribution in [0, 0.1) is 6.92 Å². The van der Waals surface area contributed by atoms with Crippen LogP contribution in [0.5, 0.6) is 5.75 Å². The molecule has 0 saturated carbocycles. The smallest absolute Gasteiger partial charge is 0.137 e. The lowest BCUT2D eigenvalue weighted by Gasteiger charge is -2.05. The number of aryl methyl sites for hydroxylation is 1. The highest BCUT2D eigenvalue weighted by atomic mass is 16.5. The molecule has 3 rings (SSSR count). The normalized spacial score (nSPS) is 10.9. The molecule has 0 aliphatic heterocycles. The van der Waals surface area contributed by atoms with E-state index >= 15 is 0 Å². The van der Waals surface area contributed by atoms with E-state index in [0.29, 0.717) is 6.54 Å². The maximum absolute atomic E-state index is 5.93. The quantitative estimate of drug-likeness (QED) is 0.794. The molecule has 0 unspecified atom stereocenters. The third kappa shape index (κ3) is 2.04. The van der Waals surface area contributed by atoms with Gasteiger partial charge in [0.25, 0.3) is 0 Å². The van der Waals surface area contributed by atoms with E-state index in [1.54, 1.807) is 7.11 Å². The average Bonchev–Trinajstić information content (AvgIpc) is 2.85. The SMILES string of the molecule is COc1cccc(-c2nc3ccc(C)cn3c2CN)c1. The third-order valence-electron chi connectivity index (χ3n) is 3.40. The topological polar surface area (TPSA) is 52.5 Å². The second-order valence-electron chi connectivity index (χ2n) is 4.78. The summed E-state index contributed by atoms with van der Waals surface area (Å²) in [6.45, 7) is 2.50. The molecule has 0 aliphatic rings. The van der Waals surface area contributed by atoms with Crippen LogP contribution in [0.1, 0.15) is 11.3 Å². The van der Waals surface area contributed by atoms with Crippen LogP contribution in [-0.2, 0) is 6.54 Å². The van der Waals surface area contributed by atoms with Gasteiger partial charge in [-0.2, -0.15) is 0 Å². The van der Waals surface area contributed by atoms with Gasteiger partial charge in [-0.25, -0.2) is 4.98 Å². The third-order valence-corrected chi connectivity index (χ3v) is 3.40. The average molecular weight is 267 g/mol. The minimum Gasteiger partial charge on any atom is -0.497 e. The van der Waals surface area contributed by atoms with E-state index in [4.69, 9.17) is 15.5 Å². The van der Waals surface area contributed by atoms with Gasteiger partial charge in [-0.1, -0.05) is 18.2 Å². The predicted molar refractivity (Wildman–Crippen MR) is 79.8 cm³/mol. The summed E-state index contributed by atoms with van der Waals surface area (Å²) in [6, 6.07) is 12.0. The zero-order valence-corrected chi connectivity index (χ0v) is 11.6. The Hall–Kier alpha value is -2.33. The van der Waals surface area contributed by atoms with Crippen molar-refractivity contribution in [1.29, 1.82) is 0 Å². The van der Waals surface area contributed by atoms with Crippen LogP contribution in [0.25, 0.3) is 16.9 Å². The van der Waals surface area contributed by atoms with Crippen molar-refractivity contribution in [3.8, 4) is 17.0 Å². The molecule has 0 aliphatic carbocycles. The summed E-state index contributed by atoms with van der Waals surface area (Å²) in [4.78, 5) is 4.70. The number of rotatable bonds is 3. The number of imidazole rings is 1. The predicted octanol–water partition coefficient (Wildman–Crippen LogP) is 2.78. The molecule has 0 radical (unpaired) electrons. The lowest BCUT2D eigenvalue weighted by molar-refractivity contribution is 0.415. The number of nitrogens with two attached hydrogens (primary N) is 1. The largest absolute Gasteiger partial charge is 0.497 e. The number of benzene rings is 1. The second kappa shape index (κ2) is 4.98. The Bertz CT molecular complexity index is 762. The molecule has 2 N–H and O–H groups in total. The number of fused-ring (bicyclic) bond motifs is 1. The highest BCUT2D eigenvalue weighted by Gasteiger charge is 2.13. The molecule has 3 aromatic rings. The van der Waals surface area contributed by atoms with Gasteiger partial charge in [-0.15, -0.1) is 0 Å². The highest BCUT2D eigenvalue weighted by Crippen LogP contribution is 2.27. The van der Waals surface area contributed by atoms with E-state index in [1.165, 1.54) is 5.56 Å². The van der Waals surface area contributed by atoms with Crippen molar-refractivity contribution < 1.29 is 4.74 Å². The van der Waals surface area contributed by atoms with Gasteiger partial charge in [0.1, 0.15) is 11.4 Å². The molecular formula is C16H17N3O. The zero-order valence-electron chi connectivity index (χ0n) is 11.6. The van der Waals surface area contributed by atoms with E-state index in [-0.39, 0.29) is 0 Å². The van der Waals surface area contributed by atoms with Gasteiger partial charge in [0.15, 0.2) is 0 Å². The van der Waals surface area contributed by atoms with Crippen LogP contribution in [0.15, 0.2) is 42.6 Å². The Kier molecular flexibility index (Phi) is 3.16. The Morgan fingerprint density at radius 2 is 2.10 bits per heavy atom. The van der Waals surface area contributed by atoms with E-state index in [1.807, 2.05) is 30.3 Å². The molecule has 4 heteroatoms. The van der Waals surface area contributed by atoms with E-state index in [2.05, 4.69) is 23.6 Å². The first-order valence-corrected chi connectivity index (χ1v) is 6.55. The molecule has 4 nitrogen and oxygen atoms in total. The van der Waals surface area contributed by atoms with Crippen molar-refractivity contribution in [3.05, 3.63) is 53.9 Å². The first kappa shape index (κ1) is 12.7. The summed E-state index contributed by atoms with van der Waals surface area (Å²) < 4.78 is 7.34. The van der Waals surface area contributed by atoms with Crippen molar-refractivity contribution in [3.63, 3.8) is 0 Å². The van der Waals surface area contributed by atoms with Gasteiger partial charge in [-0.05, 0) is 30.7 Å². The van der Waals surface area contributed by atoms with E-state index < -0.39 is 0 Å². The molecule has 0 amide bonds. The minimum absolute atomic E-state index is 0.442. The fourth-order valence-electron chi connectivity index (χ4n) is 2.40. The number of hydrogen-bond donors (Lipinski definition) is 1. The lowest BCUT2D eigenvalue weighted by Crippen LogP contribution is -2.02. The van der Waals surface area contributed by atoms with Crippen LogP contribution in [0.3, 0.4) is 0 Å². The van der Waals surface area contributed by atoms with Crippen molar-refractivity contribution in [2.45, 2.75) is 13.5 Å². The molecular weight excluding hydrogens is 250 g/mol. The summed E-state index contributed by atoms with van der Waals surface area (Å²) in [5.74, 6) is 0.818. The van der Waals surface area contributed by atoms with Crippen LogP contribution in [0.2, 0.25) is 0 Å². The number of hydrogen-bond acceptors (Lipinski definition) is 3. The molecule has 102 valence electrons. The fourth-order valence-corrected chi connectivity index (χ4v) is 2.40. The second-order valence-corrected chi connectivity index (χ2v) is 4.78. The van der Waals surface area contributed by atoms with Gasteiger partial charge >= 0.3 is 0 Å². The van der Waals surface area contributed by atoms with Crippen LogP contribution in [0.4, 0.5) is 0 Å².